The van der Waals surface area contributed by atoms with Crippen LogP contribution in [-0.2, 0) is 14.3 Å². The van der Waals surface area contributed by atoms with Crippen molar-refractivity contribution in [2.24, 2.45) is 0 Å². The fourth-order valence-electron chi connectivity index (χ4n) is 4.62. The number of ether oxygens (including phenoxy) is 2. The molecule has 0 aliphatic carbocycles. The summed E-state index contributed by atoms with van der Waals surface area (Å²) < 4.78 is 11.0. The summed E-state index contributed by atoms with van der Waals surface area (Å²) in [4.78, 5) is 12.1. The van der Waals surface area contributed by atoms with Crippen molar-refractivity contribution in [1.82, 2.24) is 0 Å². The molecule has 4 nitrogen and oxygen atoms in total. The SMILES string of the molecule is CC/C=C\C/C=C\C/C=C\C/C=C\C/C=C\C/C=C\CCCCCCCCC(=O)OC(CO)COCCCCCCCCC. The Labute approximate surface area is 272 Å². The highest BCUT2D eigenvalue weighted by atomic mass is 16.6. The molecule has 4 heteroatoms. The number of carbonyl (C=O) groups excluding carboxylic acids is 1. The van der Waals surface area contributed by atoms with Gasteiger partial charge in [0.05, 0.1) is 13.2 Å². The first-order valence-electron chi connectivity index (χ1n) is 18.0. The maximum Gasteiger partial charge on any atom is 0.306 e. The number of rotatable bonds is 32. The highest BCUT2D eigenvalue weighted by Gasteiger charge is 2.13. The van der Waals surface area contributed by atoms with Gasteiger partial charge in [0.15, 0.2) is 0 Å². The predicted molar refractivity (Wildman–Crippen MR) is 191 cm³/mol. The number of aliphatic hydroxyl groups excluding tert-OH is 1. The fraction of sp³-hybridized carbons (Fsp3) is 0.675. The third kappa shape index (κ3) is 34.3. The van der Waals surface area contributed by atoms with Crippen LogP contribution in [0.25, 0.3) is 0 Å². The van der Waals surface area contributed by atoms with E-state index in [0.717, 1.165) is 70.6 Å². The van der Waals surface area contributed by atoms with Gasteiger partial charge in [-0.25, -0.2) is 0 Å². The molecule has 0 spiro atoms. The minimum atomic E-state index is -0.541. The quantitative estimate of drug-likeness (QED) is 0.0466. The lowest BCUT2D eigenvalue weighted by atomic mass is 10.1. The molecule has 0 aliphatic rings. The van der Waals surface area contributed by atoms with Crippen molar-refractivity contribution in [3.8, 4) is 0 Å². The van der Waals surface area contributed by atoms with Gasteiger partial charge in [-0.3, -0.25) is 4.79 Å². The first-order chi connectivity index (χ1) is 21.7. The fourth-order valence-corrected chi connectivity index (χ4v) is 4.62. The minimum Gasteiger partial charge on any atom is -0.457 e. The van der Waals surface area contributed by atoms with Crippen LogP contribution < -0.4 is 0 Å². The van der Waals surface area contributed by atoms with Crippen LogP contribution in [0.3, 0.4) is 0 Å². The third-order valence-corrected chi connectivity index (χ3v) is 7.30. The molecule has 0 fully saturated rings. The van der Waals surface area contributed by atoms with Crippen LogP contribution in [0.2, 0.25) is 0 Å². The topological polar surface area (TPSA) is 55.8 Å². The summed E-state index contributed by atoms with van der Waals surface area (Å²) >= 11 is 0. The van der Waals surface area contributed by atoms with Crippen molar-refractivity contribution in [3.05, 3.63) is 72.9 Å². The zero-order valence-corrected chi connectivity index (χ0v) is 28.6. The van der Waals surface area contributed by atoms with Crippen molar-refractivity contribution in [2.75, 3.05) is 19.8 Å². The van der Waals surface area contributed by atoms with Crippen molar-refractivity contribution in [3.63, 3.8) is 0 Å². The highest BCUT2D eigenvalue weighted by molar-refractivity contribution is 5.69. The molecular weight excluding hydrogens is 544 g/mol. The Kier molecular flexibility index (Phi) is 35.2. The van der Waals surface area contributed by atoms with E-state index >= 15 is 0 Å². The Balaban J connectivity index is 3.55. The maximum absolute atomic E-state index is 12.1. The molecule has 0 aromatic rings. The van der Waals surface area contributed by atoms with Gasteiger partial charge in [-0.05, 0) is 64.2 Å². The largest absolute Gasteiger partial charge is 0.457 e. The van der Waals surface area contributed by atoms with Gasteiger partial charge in [-0.1, -0.05) is 151 Å². The number of aliphatic hydroxyl groups is 1. The molecule has 0 aromatic heterocycles. The van der Waals surface area contributed by atoms with E-state index in [1.807, 2.05) is 0 Å². The van der Waals surface area contributed by atoms with Crippen molar-refractivity contribution in [2.45, 2.75) is 155 Å². The Morgan fingerprint density at radius 3 is 1.55 bits per heavy atom. The van der Waals surface area contributed by atoms with Crippen molar-refractivity contribution in [1.29, 1.82) is 0 Å². The lowest BCUT2D eigenvalue weighted by Gasteiger charge is -2.15. The summed E-state index contributed by atoms with van der Waals surface area (Å²) in [7, 11) is 0. The molecule has 44 heavy (non-hydrogen) atoms. The molecule has 0 bridgehead atoms. The lowest BCUT2D eigenvalue weighted by Crippen LogP contribution is -2.27. The molecule has 0 aliphatic heterocycles. The Hall–Kier alpha value is -2.17. The minimum absolute atomic E-state index is 0.181. The number of unbranched alkanes of at least 4 members (excludes halogenated alkanes) is 12. The summed E-state index contributed by atoms with van der Waals surface area (Å²) in [5, 5.41) is 9.49. The van der Waals surface area contributed by atoms with E-state index < -0.39 is 6.10 Å². The smallest absolute Gasteiger partial charge is 0.306 e. The Bertz CT molecular complexity index is 774. The van der Waals surface area contributed by atoms with Gasteiger partial charge in [-0.15, -0.1) is 0 Å². The zero-order valence-electron chi connectivity index (χ0n) is 28.6. The number of allylic oxidation sites excluding steroid dienone is 12. The maximum atomic E-state index is 12.1. The number of hydrogen-bond acceptors (Lipinski definition) is 4. The van der Waals surface area contributed by atoms with Crippen LogP contribution in [0.5, 0.6) is 0 Å². The molecule has 252 valence electrons. The molecule has 0 saturated carbocycles. The molecule has 1 unspecified atom stereocenters. The lowest BCUT2D eigenvalue weighted by molar-refractivity contribution is -0.154. The van der Waals surface area contributed by atoms with Gasteiger partial charge >= 0.3 is 5.97 Å². The first-order valence-corrected chi connectivity index (χ1v) is 18.0. The van der Waals surface area contributed by atoms with Crippen LogP contribution in [0.15, 0.2) is 72.9 Å². The van der Waals surface area contributed by atoms with Crippen LogP contribution in [0.4, 0.5) is 0 Å². The standard InChI is InChI=1S/C40H68O4/c1-3-5-7-9-11-12-13-14-15-16-17-18-19-20-21-22-23-24-25-26-27-28-29-31-33-35-40(42)44-39(37-41)38-43-36-34-32-30-10-8-6-4-2/h5,7,11-12,14-15,17-18,20-21,23-24,39,41H,3-4,6,8-10,13,16,19,22,25-38H2,1-2H3/b7-5-,12-11-,15-14-,18-17-,21-20-,24-23-. The van der Waals surface area contributed by atoms with Crippen molar-refractivity contribution >= 4 is 5.97 Å². The molecule has 0 aromatic carbocycles. The van der Waals surface area contributed by atoms with E-state index in [0.29, 0.717) is 13.0 Å². The molecule has 1 N–H and O–H groups in total. The molecule has 0 rings (SSSR count). The second-order valence-corrected chi connectivity index (χ2v) is 11.6. The number of carbonyl (C=O) groups is 1. The molecule has 0 saturated heterocycles. The molecular formula is C40H68O4. The highest BCUT2D eigenvalue weighted by Crippen LogP contribution is 2.11. The number of esters is 1. The molecule has 1 atom stereocenters. The van der Waals surface area contributed by atoms with Gasteiger partial charge in [0.1, 0.15) is 6.10 Å². The monoisotopic (exact) mass is 613 g/mol. The second kappa shape index (κ2) is 37.0. The third-order valence-electron chi connectivity index (χ3n) is 7.30. The summed E-state index contributed by atoms with van der Waals surface area (Å²) in [5.41, 5.74) is 0. The molecule has 0 radical (unpaired) electrons. The second-order valence-electron chi connectivity index (χ2n) is 11.6. The van der Waals surface area contributed by atoms with Gasteiger partial charge < -0.3 is 14.6 Å². The van der Waals surface area contributed by atoms with E-state index in [9.17, 15) is 9.90 Å². The molecule has 0 heterocycles. The van der Waals surface area contributed by atoms with Gasteiger partial charge in [0.25, 0.3) is 0 Å². The van der Waals surface area contributed by atoms with E-state index in [-0.39, 0.29) is 19.2 Å². The summed E-state index contributed by atoms with van der Waals surface area (Å²) in [6.07, 6.45) is 49.5. The molecule has 0 amide bonds. The summed E-state index contributed by atoms with van der Waals surface area (Å²) in [6.45, 7) is 5.17. The summed E-state index contributed by atoms with van der Waals surface area (Å²) in [5.74, 6) is -0.221. The predicted octanol–water partition coefficient (Wildman–Crippen LogP) is 11.5. The summed E-state index contributed by atoms with van der Waals surface area (Å²) in [6, 6.07) is 0. The normalized spacial score (nSPS) is 13.2. The van der Waals surface area contributed by atoms with Crippen LogP contribution >= 0.6 is 0 Å². The van der Waals surface area contributed by atoms with Gasteiger partial charge in [0.2, 0.25) is 0 Å². The number of hydrogen-bond donors (Lipinski definition) is 1. The Morgan fingerprint density at radius 2 is 1.02 bits per heavy atom. The van der Waals surface area contributed by atoms with Crippen LogP contribution in [0.1, 0.15) is 149 Å². The van der Waals surface area contributed by atoms with Gasteiger partial charge in [-0.2, -0.15) is 0 Å². The van der Waals surface area contributed by atoms with Gasteiger partial charge in [0, 0.05) is 13.0 Å². The van der Waals surface area contributed by atoms with Crippen molar-refractivity contribution < 1.29 is 19.4 Å². The zero-order chi connectivity index (χ0) is 32.0. The van der Waals surface area contributed by atoms with E-state index in [1.165, 1.54) is 57.8 Å². The first kappa shape index (κ1) is 41.8. The average molecular weight is 613 g/mol. The van der Waals surface area contributed by atoms with Crippen LogP contribution in [0, 0.1) is 0 Å². The van der Waals surface area contributed by atoms with E-state index in [2.05, 4.69) is 86.8 Å². The average Bonchev–Trinajstić information content (AvgIpc) is 3.03. The Morgan fingerprint density at radius 1 is 0.568 bits per heavy atom. The van der Waals surface area contributed by atoms with E-state index in [1.54, 1.807) is 0 Å². The van der Waals surface area contributed by atoms with Crippen LogP contribution in [-0.4, -0.2) is 37.0 Å². The van der Waals surface area contributed by atoms with E-state index in [4.69, 9.17) is 9.47 Å².